The predicted molar refractivity (Wildman–Crippen MR) is 62.7 cm³/mol. The molecule has 0 aromatic carbocycles. The Morgan fingerprint density at radius 2 is 2.31 bits per heavy atom. The van der Waals surface area contributed by atoms with Gasteiger partial charge in [-0.1, -0.05) is 6.07 Å². The van der Waals surface area contributed by atoms with Crippen LogP contribution in [-0.4, -0.2) is 16.8 Å². The minimum Gasteiger partial charge on any atom is -0.383 e. The summed E-state index contributed by atoms with van der Waals surface area (Å²) in [5.74, 6) is 1.16. The van der Waals surface area contributed by atoms with Crippen LogP contribution in [0.1, 0.15) is 24.8 Å². The molecule has 1 atom stereocenters. The first kappa shape index (κ1) is 11.1. The molecule has 0 aliphatic heterocycles. The molecule has 0 radical (unpaired) electrons. The lowest BCUT2D eigenvalue weighted by Crippen LogP contribution is -2.26. The molecule has 1 fully saturated rings. The number of carbonyl (C=O) groups excluding carboxylic acids is 1. The van der Waals surface area contributed by atoms with Gasteiger partial charge in [-0.2, -0.15) is 0 Å². The van der Waals surface area contributed by atoms with E-state index in [4.69, 9.17) is 11.5 Å². The minimum atomic E-state index is 0.0328. The van der Waals surface area contributed by atoms with Crippen LogP contribution in [0.2, 0.25) is 0 Å². The summed E-state index contributed by atoms with van der Waals surface area (Å²) >= 11 is 0. The number of nitrogen functional groups attached to an aromatic ring is 1. The first-order valence-electron chi connectivity index (χ1n) is 5.63. The fourth-order valence-corrected chi connectivity index (χ4v) is 1.84. The largest absolute Gasteiger partial charge is 0.383 e. The summed E-state index contributed by atoms with van der Waals surface area (Å²) in [6.45, 7) is 0. The van der Waals surface area contributed by atoms with Crippen LogP contribution in [0.5, 0.6) is 0 Å². The van der Waals surface area contributed by atoms with Crippen LogP contribution in [-0.2, 0) is 11.2 Å². The Hall–Kier alpha value is -1.42. The fourth-order valence-electron chi connectivity index (χ4n) is 1.84. The van der Waals surface area contributed by atoms with Gasteiger partial charge in [0, 0.05) is 30.6 Å². The molecule has 4 N–H and O–H groups in total. The second-order valence-corrected chi connectivity index (χ2v) is 4.47. The number of nitrogens with two attached hydrogens (primary N) is 2. The molecule has 0 spiro atoms. The van der Waals surface area contributed by atoms with Gasteiger partial charge in [0.1, 0.15) is 11.6 Å². The zero-order chi connectivity index (χ0) is 11.5. The lowest BCUT2D eigenvalue weighted by molar-refractivity contribution is -0.118. The third-order valence-electron chi connectivity index (χ3n) is 3.00. The van der Waals surface area contributed by atoms with E-state index < -0.39 is 0 Å². The average molecular weight is 219 g/mol. The molecule has 16 heavy (non-hydrogen) atoms. The monoisotopic (exact) mass is 219 g/mol. The number of carbonyl (C=O) groups is 1. The van der Waals surface area contributed by atoms with Crippen molar-refractivity contribution in [3.8, 4) is 0 Å². The van der Waals surface area contributed by atoms with E-state index in [0.29, 0.717) is 24.6 Å². The van der Waals surface area contributed by atoms with Gasteiger partial charge in [0.2, 0.25) is 0 Å². The summed E-state index contributed by atoms with van der Waals surface area (Å²) in [4.78, 5) is 15.7. The Labute approximate surface area is 95.0 Å². The van der Waals surface area contributed by atoms with E-state index in [2.05, 4.69) is 4.98 Å². The van der Waals surface area contributed by atoms with Crippen molar-refractivity contribution < 1.29 is 4.79 Å². The van der Waals surface area contributed by atoms with Crippen molar-refractivity contribution in [1.82, 2.24) is 4.98 Å². The number of anilines is 1. The number of Topliss-reactive ketones (excluding diaryl/α,β-unsaturated/α-hetero) is 1. The lowest BCUT2D eigenvalue weighted by Gasteiger charge is -2.09. The fraction of sp³-hybridized carbons (Fsp3) is 0.500. The molecule has 1 aliphatic rings. The number of nitrogens with zero attached hydrogens (tertiary/aromatic N) is 1. The van der Waals surface area contributed by atoms with E-state index in [9.17, 15) is 4.79 Å². The molecule has 4 nitrogen and oxygen atoms in total. The maximum atomic E-state index is 11.7. The van der Waals surface area contributed by atoms with Gasteiger partial charge in [0.15, 0.2) is 0 Å². The molecule has 0 bridgehead atoms. The highest BCUT2D eigenvalue weighted by Gasteiger charge is 2.29. The molecule has 1 heterocycles. The Morgan fingerprint density at radius 3 is 2.94 bits per heavy atom. The molecule has 1 aromatic heterocycles. The number of rotatable bonds is 5. The maximum absolute atomic E-state index is 11.7. The Kier molecular flexibility index (Phi) is 3.19. The van der Waals surface area contributed by atoms with Gasteiger partial charge < -0.3 is 11.5 Å². The van der Waals surface area contributed by atoms with Crippen molar-refractivity contribution in [2.45, 2.75) is 31.7 Å². The molecule has 2 rings (SSSR count). The molecule has 1 aliphatic carbocycles. The summed E-state index contributed by atoms with van der Waals surface area (Å²) < 4.78 is 0. The molecule has 1 unspecified atom stereocenters. The van der Waals surface area contributed by atoms with Crippen molar-refractivity contribution in [1.29, 1.82) is 0 Å². The molecule has 0 amide bonds. The molecular formula is C12H17N3O. The summed E-state index contributed by atoms with van der Waals surface area (Å²) in [6.07, 6.45) is 4.77. The number of ketones is 1. The zero-order valence-corrected chi connectivity index (χ0v) is 9.23. The maximum Gasteiger partial charge on any atom is 0.138 e. The SMILES string of the molecule is Nc1ncccc1CC(=O)CC(N)C1CC1. The van der Waals surface area contributed by atoms with Gasteiger partial charge in [-0.3, -0.25) is 4.79 Å². The van der Waals surface area contributed by atoms with Crippen molar-refractivity contribution in [2.75, 3.05) is 5.73 Å². The van der Waals surface area contributed by atoms with Crippen LogP contribution < -0.4 is 11.5 Å². The minimum absolute atomic E-state index is 0.0328. The van der Waals surface area contributed by atoms with Crippen LogP contribution in [0.25, 0.3) is 0 Å². The van der Waals surface area contributed by atoms with Gasteiger partial charge in [-0.25, -0.2) is 4.98 Å². The van der Waals surface area contributed by atoms with Crippen molar-refractivity contribution in [3.05, 3.63) is 23.9 Å². The smallest absolute Gasteiger partial charge is 0.138 e. The summed E-state index contributed by atoms with van der Waals surface area (Å²) in [6, 6.07) is 3.66. The first-order valence-corrected chi connectivity index (χ1v) is 5.63. The highest BCUT2D eigenvalue weighted by atomic mass is 16.1. The van der Waals surface area contributed by atoms with Crippen LogP contribution in [0, 0.1) is 5.92 Å². The summed E-state index contributed by atoms with van der Waals surface area (Å²) in [7, 11) is 0. The number of hydrogen-bond donors (Lipinski definition) is 2. The summed E-state index contributed by atoms with van der Waals surface area (Å²) in [5.41, 5.74) is 12.4. The number of pyridine rings is 1. The van der Waals surface area contributed by atoms with E-state index >= 15 is 0 Å². The normalized spacial score (nSPS) is 17.1. The van der Waals surface area contributed by atoms with E-state index in [1.54, 1.807) is 12.3 Å². The highest BCUT2D eigenvalue weighted by Crippen LogP contribution is 2.33. The van der Waals surface area contributed by atoms with Gasteiger partial charge in [0.05, 0.1) is 0 Å². The molecule has 86 valence electrons. The summed E-state index contributed by atoms with van der Waals surface area (Å²) in [5, 5.41) is 0. The Balaban J connectivity index is 1.89. The second-order valence-electron chi connectivity index (χ2n) is 4.47. The van der Waals surface area contributed by atoms with E-state index in [1.165, 1.54) is 12.8 Å². The van der Waals surface area contributed by atoms with Crippen molar-refractivity contribution >= 4 is 11.6 Å². The standard InChI is InChI=1S/C12H17N3O/c13-11(8-3-4-8)7-10(16)6-9-2-1-5-15-12(9)14/h1-2,5,8,11H,3-4,6-7,13H2,(H2,14,15). The van der Waals surface area contributed by atoms with Gasteiger partial charge in [-0.15, -0.1) is 0 Å². The second kappa shape index (κ2) is 4.61. The van der Waals surface area contributed by atoms with E-state index in [-0.39, 0.29) is 11.8 Å². The number of hydrogen-bond acceptors (Lipinski definition) is 4. The third kappa shape index (κ3) is 2.79. The lowest BCUT2D eigenvalue weighted by atomic mass is 10.0. The predicted octanol–water partition coefficient (Wildman–Crippen LogP) is 0.903. The Morgan fingerprint density at radius 1 is 1.56 bits per heavy atom. The van der Waals surface area contributed by atoms with Crippen LogP contribution in [0.3, 0.4) is 0 Å². The molecular weight excluding hydrogens is 202 g/mol. The van der Waals surface area contributed by atoms with Gasteiger partial charge in [-0.05, 0) is 24.8 Å². The number of aromatic nitrogens is 1. The van der Waals surface area contributed by atoms with Crippen LogP contribution >= 0.6 is 0 Å². The first-order chi connectivity index (χ1) is 7.66. The molecule has 4 heteroatoms. The molecule has 1 aromatic rings. The van der Waals surface area contributed by atoms with Gasteiger partial charge in [0.25, 0.3) is 0 Å². The van der Waals surface area contributed by atoms with Crippen molar-refractivity contribution in [3.63, 3.8) is 0 Å². The average Bonchev–Trinajstić information content (AvgIpc) is 3.04. The van der Waals surface area contributed by atoms with Crippen LogP contribution in [0.15, 0.2) is 18.3 Å². The third-order valence-corrected chi connectivity index (χ3v) is 3.00. The van der Waals surface area contributed by atoms with Gasteiger partial charge >= 0.3 is 0 Å². The van der Waals surface area contributed by atoms with E-state index in [1.807, 2.05) is 6.07 Å². The quantitative estimate of drug-likeness (QED) is 0.771. The van der Waals surface area contributed by atoms with Crippen molar-refractivity contribution in [2.24, 2.45) is 11.7 Å². The van der Waals surface area contributed by atoms with E-state index in [0.717, 1.165) is 5.56 Å². The van der Waals surface area contributed by atoms with Crippen LogP contribution in [0.4, 0.5) is 5.82 Å². The highest BCUT2D eigenvalue weighted by molar-refractivity contribution is 5.82. The zero-order valence-electron chi connectivity index (χ0n) is 9.23. The molecule has 1 saturated carbocycles. The Bertz CT molecular complexity index is 388. The topological polar surface area (TPSA) is 82.0 Å². The molecule has 0 saturated heterocycles.